The molecule has 0 bridgehead atoms. The summed E-state index contributed by atoms with van der Waals surface area (Å²) >= 11 is -2.19. The van der Waals surface area contributed by atoms with E-state index in [4.69, 9.17) is 0 Å². The Morgan fingerprint density at radius 1 is 0.960 bits per heavy atom. The Balaban J connectivity index is 4.71. The molecule has 0 N–H and O–H groups in total. The van der Waals surface area contributed by atoms with Crippen LogP contribution in [0.4, 0.5) is 0 Å². The van der Waals surface area contributed by atoms with Crippen LogP contribution < -0.4 is 0 Å². The molecule has 4 nitrogen and oxygen atoms in total. The number of carbonyl (C=O) groups is 2. The normalized spacial score (nSPS) is 18.3. The average Bonchev–Trinajstić information content (AvgIpc) is 2.57. The summed E-state index contributed by atoms with van der Waals surface area (Å²) in [6.07, 6.45) is 14.6. The summed E-state index contributed by atoms with van der Waals surface area (Å²) < 4.78 is 22.9. The standard InChI is InChI=1S/C20H30O4S/c1-16(7-5-9-18(3)14-21)11-12-20(25(23)24)13-17(2)8-6-10-19(4)15-22/h5-6,9-11,13-15,18-20H,7-8,12H2,1-4H3,(H,23,24)/p-1. The van der Waals surface area contributed by atoms with Crippen LogP contribution in [0.3, 0.4) is 0 Å². The molecule has 0 saturated heterocycles. The van der Waals surface area contributed by atoms with Crippen LogP contribution in [0.5, 0.6) is 0 Å². The van der Waals surface area contributed by atoms with E-state index in [1.165, 1.54) is 0 Å². The fraction of sp³-hybridized carbons (Fsp3) is 0.500. The topological polar surface area (TPSA) is 74.3 Å². The Morgan fingerprint density at radius 2 is 1.44 bits per heavy atom. The second-order valence-corrected chi connectivity index (χ2v) is 7.48. The Morgan fingerprint density at radius 3 is 1.88 bits per heavy atom. The van der Waals surface area contributed by atoms with E-state index in [9.17, 15) is 18.4 Å². The fourth-order valence-corrected chi connectivity index (χ4v) is 2.61. The maximum atomic E-state index is 11.4. The molecule has 5 heteroatoms. The van der Waals surface area contributed by atoms with Crippen LogP contribution in [0.25, 0.3) is 0 Å². The Bertz CT molecular complexity index is 558. The zero-order valence-electron chi connectivity index (χ0n) is 15.5. The van der Waals surface area contributed by atoms with Crippen LogP contribution in [0.2, 0.25) is 0 Å². The molecule has 0 aromatic rings. The van der Waals surface area contributed by atoms with Gasteiger partial charge in [-0.3, -0.25) is 4.21 Å². The van der Waals surface area contributed by atoms with E-state index in [0.29, 0.717) is 19.3 Å². The van der Waals surface area contributed by atoms with E-state index in [1.54, 1.807) is 13.0 Å². The van der Waals surface area contributed by atoms with Crippen molar-refractivity contribution in [2.75, 3.05) is 0 Å². The summed E-state index contributed by atoms with van der Waals surface area (Å²) in [5.74, 6) is -0.229. The van der Waals surface area contributed by atoms with Crippen LogP contribution in [0.15, 0.2) is 47.6 Å². The molecular weight excluding hydrogens is 336 g/mol. The second kappa shape index (κ2) is 13.7. The molecular formula is C20H29O4S-. The first-order chi connectivity index (χ1) is 11.8. The predicted molar refractivity (Wildman–Crippen MR) is 103 cm³/mol. The number of carbonyl (C=O) groups excluding carboxylic acids is 2. The highest BCUT2D eigenvalue weighted by Crippen LogP contribution is 2.13. The first-order valence-corrected chi connectivity index (χ1v) is 9.58. The van der Waals surface area contributed by atoms with Gasteiger partial charge in [0.05, 0.1) is 0 Å². The molecule has 4 atom stereocenters. The highest BCUT2D eigenvalue weighted by atomic mass is 32.2. The molecule has 0 heterocycles. The third-order valence-corrected chi connectivity index (χ3v) is 4.43. The Kier molecular flexibility index (Phi) is 12.8. The molecule has 0 saturated carbocycles. The van der Waals surface area contributed by atoms with E-state index in [2.05, 4.69) is 0 Å². The number of aldehydes is 2. The summed E-state index contributed by atoms with van der Waals surface area (Å²) in [6, 6.07) is 0. The third kappa shape index (κ3) is 12.4. The lowest BCUT2D eigenvalue weighted by Gasteiger charge is -2.16. The van der Waals surface area contributed by atoms with Gasteiger partial charge in [-0.2, -0.15) is 0 Å². The summed E-state index contributed by atoms with van der Waals surface area (Å²) in [5, 5.41) is -0.565. The number of hydrogen-bond acceptors (Lipinski definition) is 4. The van der Waals surface area contributed by atoms with Gasteiger partial charge in [-0.05, 0) is 44.2 Å². The Hall–Kier alpha value is -1.59. The van der Waals surface area contributed by atoms with Gasteiger partial charge in [0.25, 0.3) is 0 Å². The second-order valence-electron chi connectivity index (χ2n) is 6.35. The van der Waals surface area contributed by atoms with Crippen molar-refractivity contribution in [3.05, 3.63) is 47.6 Å². The van der Waals surface area contributed by atoms with E-state index in [-0.39, 0.29) is 11.8 Å². The minimum Gasteiger partial charge on any atom is -0.772 e. The van der Waals surface area contributed by atoms with Gasteiger partial charge in [0.15, 0.2) is 0 Å². The number of allylic oxidation sites excluding steroid dienone is 7. The molecule has 0 fully saturated rings. The van der Waals surface area contributed by atoms with Gasteiger partial charge in [0.1, 0.15) is 12.6 Å². The molecule has 4 unspecified atom stereocenters. The van der Waals surface area contributed by atoms with Crippen LogP contribution in [-0.4, -0.2) is 26.6 Å². The molecule has 0 aromatic carbocycles. The lowest BCUT2D eigenvalue weighted by Crippen LogP contribution is -2.11. The minimum absolute atomic E-state index is 0.102. The molecule has 25 heavy (non-hydrogen) atoms. The van der Waals surface area contributed by atoms with Gasteiger partial charge < -0.3 is 14.1 Å². The summed E-state index contributed by atoms with van der Waals surface area (Å²) in [5.41, 5.74) is 2.02. The van der Waals surface area contributed by atoms with Gasteiger partial charge in [0.2, 0.25) is 0 Å². The minimum atomic E-state index is -2.19. The van der Waals surface area contributed by atoms with Gasteiger partial charge >= 0.3 is 0 Å². The van der Waals surface area contributed by atoms with Crippen molar-refractivity contribution in [3.63, 3.8) is 0 Å². The lowest BCUT2D eigenvalue weighted by atomic mass is 10.1. The van der Waals surface area contributed by atoms with Crippen molar-refractivity contribution < 1.29 is 18.4 Å². The molecule has 0 aliphatic heterocycles. The third-order valence-electron chi connectivity index (χ3n) is 3.60. The van der Waals surface area contributed by atoms with Crippen molar-refractivity contribution in [2.24, 2.45) is 11.8 Å². The summed E-state index contributed by atoms with van der Waals surface area (Å²) in [6.45, 7) is 7.45. The molecule has 0 spiro atoms. The summed E-state index contributed by atoms with van der Waals surface area (Å²) in [7, 11) is 0. The van der Waals surface area contributed by atoms with E-state index in [0.717, 1.165) is 23.7 Å². The first-order valence-electron chi connectivity index (χ1n) is 8.45. The van der Waals surface area contributed by atoms with Crippen molar-refractivity contribution in [3.8, 4) is 0 Å². The smallest absolute Gasteiger partial charge is 0.126 e. The highest BCUT2D eigenvalue weighted by Gasteiger charge is 2.05. The Labute approximate surface area is 154 Å². The highest BCUT2D eigenvalue weighted by molar-refractivity contribution is 7.80. The van der Waals surface area contributed by atoms with Gasteiger partial charge in [-0.25, -0.2) is 0 Å². The maximum absolute atomic E-state index is 11.4. The molecule has 0 radical (unpaired) electrons. The first kappa shape index (κ1) is 23.4. The zero-order chi connectivity index (χ0) is 19.2. The van der Waals surface area contributed by atoms with Crippen molar-refractivity contribution in [2.45, 2.75) is 52.2 Å². The monoisotopic (exact) mass is 365 g/mol. The largest absolute Gasteiger partial charge is 0.772 e. The van der Waals surface area contributed by atoms with Gasteiger partial charge in [-0.15, -0.1) is 0 Å². The molecule has 0 aliphatic rings. The molecule has 0 rings (SSSR count). The molecule has 140 valence electrons. The van der Waals surface area contributed by atoms with Gasteiger partial charge in [-0.1, -0.05) is 61.4 Å². The summed E-state index contributed by atoms with van der Waals surface area (Å²) in [4.78, 5) is 21.1. The number of hydrogen-bond donors (Lipinski definition) is 0. The van der Waals surface area contributed by atoms with Gasteiger partial charge in [0, 0.05) is 17.1 Å². The van der Waals surface area contributed by atoms with Crippen LogP contribution in [-0.2, 0) is 20.7 Å². The quantitative estimate of drug-likeness (QED) is 0.297. The average molecular weight is 366 g/mol. The van der Waals surface area contributed by atoms with Crippen LogP contribution >= 0.6 is 0 Å². The maximum Gasteiger partial charge on any atom is 0.126 e. The van der Waals surface area contributed by atoms with E-state index < -0.39 is 16.3 Å². The van der Waals surface area contributed by atoms with E-state index >= 15 is 0 Å². The lowest BCUT2D eigenvalue weighted by molar-refractivity contribution is -0.110. The van der Waals surface area contributed by atoms with E-state index in [1.807, 2.05) is 51.2 Å². The van der Waals surface area contributed by atoms with Crippen LogP contribution in [0, 0.1) is 11.8 Å². The van der Waals surface area contributed by atoms with Crippen molar-refractivity contribution in [1.29, 1.82) is 0 Å². The van der Waals surface area contributed by atoms with Crippen LogP contribution in [0.1, 0.15) is 47.0 Å². The van der Waals surface area contributed by atoms with Crippen molar-refractivity contribution in [1.82, 2.24) is 0 Å². The fourth-order valence-electron chi connectivity index (χ4n) is 2.02. The molecule has 0 aliphatic carbocycles. The molecule has 0 aromatic heterocycles. The zero-order valence-corrected chi connectivity index (χ0v) is 16.3. The number of rotatable bonds is 12. The molecule has 0 amide bonds. The predicted octanol–water partition coefficient (Wildman–Crippen LogP) is 4.08. The SMILES string of the molecule is CC(=CCC(C=C(C)CC=CC(C)C=O)S(=O)[O-])CC=CC(C)C=O. The van der Waals surface area contributed by atoms with Crippen molar-refractivity contribution >= 4 is 23.7 Å².